The molecule has 1 saturated carbocycles. The fourth-order valence-electron chi connectivity index (χ4n) is 2.12. The topological polar surface area (TPSA) is 65.5 Å². The van der Waals surface area contributed by atoms with Gasteiger partial charge in [0.05, 0.1) is 0 Å². The van der Waals surface area contributed by atoms with Crippen LogP contribution in [0.5, 0.6) is 0 Å². The third kappa shape index (κ3) is 5.56. The Labute approximate surface area is 103 Å². The summed E-state index contributed by atoms with van der Waals surface area (Å²) in [5, 5.41) is 9.07. The van der Waals surface area contributed by atoms with Gasteiger partial charge in [-0.05, 0) is 12.8 Å². The highest BCUT2D eigenvalue weighted by Crippen LogP contribution is 2.17. The first kappa shape index (κ1) is 13.8. The molecular weight excluding hydrogens is 216 g/mol. The van der Waals surface area contributed by atoms with Crippen molar-refractivity contribution in [1.29, 1.82) is 0 Å². The van der Waals surface area contributed by atoms with Gasteiger partial charge in [-0.2, -0.15) is 0 Å². The van der Waals surface area contributed by atoms with E-state index in [9.17, 15) is 4.79 Å². The summed E-state index contributed by atoms with van der Waals surface area (Å²) in [6, 6.07) is 0.403. The summed E-state index contributed by atoms with van der Waals surface area (Å²) in [7, 11) is 3.51. The third-order valence-electron chi connectivity index (χ3n) is 3.08. The van der Waals surface area contributed by atoms with Crippen molar-refractivity contribution in [2.24, 2.45) is 4.99 Å². The van der Waals surface area contributed by atoms with Crippen LogP contribution < -0.4 is 16.0 Å². The quantitative estimate of drug-likeness (QED) is 0.498. The largest absolute Gasteiger partial charge is 0.359 e. The molecule has 0 aromatic carbocycles. The van der Waals surface area contributed by atoms with Crippen molar-refractivity contribution in [3.05, 3.63) is 0 Å². The lowest BCUT2D eigenvalue weighted by Crippen LogP contribution is -2.40. The van der Waals surface area contributed by atoms with Crippen LogP contribution in [0, 0.1) is 0 Å². The van der Waals surface area contributed by atoms with E-state index >= 15 is 0 Å². The Morgan fingerprint density at radius 3 is 2.59 bits per heavy atom. The Bertz CT molecular complexity index is 259. The molecule has 98 valence electrons. The van der Waals surface area contributed by atoms with Crippen LogP contribution in [0.15, 0.2) is 4.99 Å². The molecule has 0 bridgehead atoms. The van der Waals surface area contributed by atoms with Crippen molar-refractivity contribution in [1.82, 2.24) is 16.0 Å². The Morgan fingerprint density at radius 1 is 1.29 bits per heavy atom. The van der Waals surface area contributed by atoms with Gasteiger partial charge >= 0.3 is 0 Å². The monoisotopic (exact) mass is 240 g/mol. The molecule has 5 nitrogen and oxygen atoms in total. The zero-order chi connectivity index (χ0) is 12.5. The highest BCUT2D eigenvalue weighted by Gasteiger charge is 2.15. The Morgan fingerprint density at radius 2 is 2.00 bits per heavy atom. The van der Waals surface area contributed by atoms with Crippen LogP contribution in [0.25, 0.3) is 0 Å². The molecule has 0 aromatic rings. The number of hydrogen-bond acceptors (Lipinski definition) is 2. The normalized spacial score (nSPS) is 17.6. The number of aliphatic imine (C=N–C) groups is 1. The maximum atomic E-state index is 11.7. The molecule has 1 aliphatic carbocycles. The first-order valence-electron chi connectivity index (χ1n) is 6.44. The number of carbonyl (C=O) groups excluding carboxylic acids is 1. The van der Waals surface area contributed by atoms with E-state index in [-0.39, 0.29) is 5.91 Å². The van der Waals surface area contributed by atoms with Crippen molar-refractivity contribution >= 4 is 11.9 Å². The minimum absolute atomic E-state index is 0.135. The average molecular weight is 240 g/mol. The maximum absolute atomic E-state index is 11.7. The molecule has 0 spiro atoms. The van der Waals surface area contributed by atoms with Gasteiger partial charge in [0.1, 0.15) is 0 Å². The molecule has 1 fully saturated rings. The van der Waals surface area contributed by atoms with Gasteiger partial charge < -0.3 is 16.0 Å². The van der Waals surface area contributed by atoms with E-state index in [0.29, 0.717) is 19.0 Å². The summed E-state index contributed by atoms with van der Waals surface area (Å²) in [5.74, 6) is 0.853. The van der Waals surface area contributed by atoms with Crippen LogP contribution in [0.1, 0.15) is 38.5 Å². The molecule has 0 saturated heterocycles. The zero-order valence-corrected chi connectivity index (χ0v) is 10.9. The Hall–Kier alpha value is -1.26. The van der Waals surface area contributed by atoms with E-state index in [1.807, 2.05) is 0 Å². The number of nitrogens with one attached hydrogen (secondary N) is 3. The second-order valence-corrected chi connectivity index (χ2v) is 4.40. The van der Waals surface area contributed by atoms with E-state index in [1.165, 1.54) is 19.3 Å². The maximum Gasteiger partial charge on any atom is 0.221 e. The summed E-state index contributed by atoms with van der Waals surface area (Å²) < 4.78 is 0. The second-order valence-electron chi connectivity index (χ2n) is 4.40. The number of hydrogen-bond donors (Lipinski definition) is 3. The second kappa shape index (κ2) is 7.92. The molecular formula is C12H24N4O. The number of guanidine groups is 1. The summed E-state index contributed by atoms with van der Waals surface area (Å²) in [6.45, 7) is 0.617. The highest BCUT2D eigenvalue weighted by molar-refractivity contribution is 5.81. The molecule has 0 heterocycles. The van der Waals surface area contributed by atoms with Gasteiger partial charge in [-0.1, -0.05) is 19.3 Å². The lowest BCUT2D eigenvalue weighted by molar-refractivity contribution is -0.121. The van der Waals surface area contributed by atoms with Gasteiger partial charge in [-0.25, -0.2) is 0 Å². The number of amides is 1. The molecule has 0 aromatic heterocycles. The van der Waals surface area contributed by atoms with Crippen LogP contribution in [0.3, 0.4) is 0 Å². The van der Waals surface area contributed by atoms with E-state index in [1.54, 1.807) is 14.1 Å². The van der Waals surface area contributed by atoms with Crippen molar-refractivity contribution in [2.45, 2.75) is 44.6 Å². The van der Waals surface area contributed by atoms with Gasteiger partial charge in [0.15, 0.2) is 5.96 Å². The standard InChI is InChI=1S/C12H24N4O/c1-13-12(14-2)15-9-8-11(17)16-10-6-4-3-5-7-10/h10H,3-9H2,1-2H3,(H,16,17)(H2,13,14,15). The third-order valence-corrected chi connectivity index (χ3v) is 3.08. The van der Waals surface area contributed by atoms with Gasteiger partial charge in [-0.3, -0.25) is 9.79 Å². The molecule has 0 unspecified atom stereocenters. The van der Waals surface area contributed by atoms with Crippen LogP contribution in [0.2, 0.25) is 0 Å². The predicted octanol–water partition coefficient (Wildman–Crippen LogP) is 0.620. The first-order chi connectivity index (χ1) is 8.26. The fourth-order valence-corrected chi connectivity index (χ4v) is 2.12. The van der Waals surface area contributed by atoms with E-state index < -0.39 is 0 Å². The van der Waals surface area contributed by atoms with Crippen molar-refractivity contribution in [3.8, 4) is 0 Å². The molecule has 0 atom stereocenters. The van der Waals surface area contributed by atoms with Gasteiger partial charge in [0, 0.05) is 33.1 Å². The van der Waals surface area contributed by atoms with Crippen molar-refractivity contribution in [3.63, 3.8) is 0 Å². The minimum Gasteiger partial charge on any atom is -0.359 e. The smallest absolute Gasteiger partial charge is 0.221 e. The predicted molar refractivity (Wildman–Crippen MR) is 70.1 cm³/mol. The van der Waals surface area contributed by atoms with E-state index in [0.717, 1.165) is 18.8 Å². The minimum atomic E-state index is 0.135. The van der Waals surface area contributed by atoms with Crippen molar-refractivity contribution < 1.29 is 4.79 Å². The molecule has 1 aliphatic rings. The molecule has 1 amide bonds. The van der Waals surface area contributed by atoms with E-state index in [4.69, 9.17) is 0 Å². The SMILES string of the molecule is CN=C(NC)NCCC(=O)NC1CCCCC1. The summed E-state index contributed by atoms with van der Waals surface area (Å²) in [6.07, 6.45) is 6.57. The molecule has 0 radical (unpaired) electrons. The number of carbonyl (C=O) groups is 1. The van der Waals surface area contributed by atoms with Gasteiger partial charge in [0.25, 0.3) is 0 Å². The van der Waals surface area contributed by atoms with Crippen LogP contribution in [0.4, 0.5) is 0 Å². The van der Waals surface area contributed by atoms with Gasteiger partial charge in [-0.15, -0.1) is 0 Å². The van der Waals surface area contributed by atoms with Gasteiger partial charge in [0.2, 0.25) is 5.91 Å². The van der Waals surface area contributed by atoms with E-state index in [2.05, 4.69) is 20.9 Å². The van der Waals surface area contributed by atoms with Crippen LogP contribution in [-0.4, -0.2) is 38.5 Å². The summed E-state index contributed by atoms with van der Waals surface area (Å²) in [5.41, 5.74) is 0. The summed E-state index contributed by atoms with van der Waals surface area (Å²) >= 11 is 0. The van der Waals surface area contributed by atoms with Crippen LogP contribution in [-0.2, 0) is 4.79 Å². The highest BCUT2D eigenvalue weighted by atomic mass is 16.1. The number of rotatable bonds is 4. The fraction of sp³-hybridized carbons (Fsp3) is 0.833. The first-order valence-corrected chi connectivity index (χ1v) is 6.44. The van der Waals surface area contributed by atoms with Crippen LogP contribution >= 0.6 is 0 Å². The molecule has 5 heteroatoms. The Kier molecular flexibility index (Phi) is 6.43. The average Bonchev–Trinajstić information content (AvgIpc) is 2.36. The lowest BCUT2D eigenvalue weighted by Gasteiger charge is -2.22. The number of nitrogens with zero attached hydrogens (tertiary/aromatic N) is 1. The Balaban J connectivity index is 2.12. The summed E-state index contributed by atoms with van der Waals surface area (Å²) in [4.78, 5) is 15.6. The molecule has 1 rings (SSSR count). The zero-order valence-electron chi connectivity index (χ0n) is 10.9. The lowest BCUT2D eigenvalue weighted by atomic mass is 9.95. The molecule has 3 N–H and O–H groups in total. The molecule has 0 aliphatic heterocycles. The van der Waals surface area contributed by atoms with Crippen molar-refractivity contribution in [2.75, 3.05) is 20.6 Å². The molecule has 17 heavy (non-hydrogen) atoms.